The second-order valence-corrected chi connectivity index (χ2v) is 5.00. The van der Waals surface area contributed by atoms with Crippen LogP contribution < -0.4 is 10.5 Å². The van der Waals surface area contributed by atoms with E-state index >= 15 is 0 Å². The van der Waals surface area contributed by atoms with E-state index in [9.17, 15) is 4.79 Å². The lowest BCUT2D eigenvalue weighted by Crippen LogP contribution is -2.06. The van der Waals surface area contributed by atoms with Gasteiger partial charge >= 0.3 is 5.97 Å². The number of nitrogens with zero attached hydrogens (tertiary/aromatic N) is 1. The second-order valence-electron chi connectivity index (χ2n) is 5.00. The first kappa shape index (κ1) is 13.4. The number of hydrogen-bond acceptors (Lipinski definition) is 5. The van der Waals surface area contributed by atoms with Gasteiger partial charge in [0.05, 0.1) is 18.9 Å². The van der Waals surface area contributed by atoms with Crippen molar-refractivity contribution in [3.63, 3.8) is 0 Å². The fourth-order valence-corrected chi connectivity index (χ4v) is 2.58. The smallest absolute Gasteiger partial charge is 0.339 e. The van der Waals surface area contributed by atoms with Crippen LogP contribution in [0.15, 0.2) is 36.7 Å². The minimum Gasteiger partial charge on any atom is -0.484 e. The third kappa shape index (κ3) is 2.67. The minimum atomic E-state index is -0.427. The zero-order valence-electron chi connectivity index (χ0n) is 11.7. The molecule has 1 aliphatic rings. The molecule has 0 bridgehead atoms. The average Bonchev–Trinajstić information content (AvgIpc) is 2.89. The highest BCUT2D eigenvalue weighted by Gasteiger charge is 2.24. The van der Waals surface area contributed by atoms with Crippen LogP contribution in [0.3, 0.4) is 0 Å². The van der Waals surface area contributed by atoms with Gasteiger partial charge in [0.15, 0.2) is 0 Å². The van der Waals surface area contributed by atoms with Crippen molar-refractivity contribution in [2.75, 3.05) is 12.8 Å². The number of hydrogen-bond donors (Lipinski definition) is 1. The van der Waals surface area contributed by atoms with Crippen LogP contribution >= 0.6 is 0 Å². The summed E-state index contributed by atoms with van der Waals surface area (Å²) in [7, 11) is 1.34. The molecule has 0 aliphatic heterocycles. The number of nitrogens with two attached hydrogens (primary N) is 1. The van der Waals surface area contributed by atoms with E-state index in [2.05, 4.69) is 9.72 Å². The number of aryl methyl sites for hydroxylation is 1. The third-order valence-corrected chi connectivity index (χ3v) is 3.61. The Morgan fingerprint density at radius 1 is 1.33 bits per heavy atom. The van der Waals surface area contributed by atoms with Gasteiger partial charge < -0.3 is 15.2 Å². The van der Waals surface area contributed by atoms with Crippen molar-refractivity contribution in [1.29, 1.82) is 0 Å². The second kappa shape index (κ2) is 5.44. The highest BCUT2D eigenvalue weighted by Crippen LogP contribution is 2.36. The summed E-state index contributed by atoms with van der Waals surface area (Å²) in [6.45, 7) is 0. The number of nitrogen functional groups attached to an aromatic ring is 1. The number of carbonyl (C=O) groups excluding carboxylic acids is 1. The minimum absolute atomic E-state index is 0.0572. The number of pyridine rings is 1. The van der Waals surface area contributed by atoms with E-state index < -0.39 is 5.97 Å². The third-order valence-electron chi connectivity index (χ3n) is 3.61. The van der Waals surface area contributed by atoms with Gasteiger partial charge in [-0.3, -0.25) is 4.98 Å². The van der Waals surface area contributed by atoms with Gasteiger partial charge in [0.1, 0.15) is 11.9 Å². The van der Waals surface area contributed by atoms with Crippen LogP contribution in [-0.4, -0.2) is 18.1 Å². The summed E-state index contributed by atoms with van der Waals surface area (Å²) < 4.78 is 10.6. The Bertz CT molecular complexity index is 685. The monoisotopic (exact) mass is 284 g/mol. The molecule has 2 N–H and O–H groups in total. The molecule has 0 saturated carbocycles. The van der Waals surface area contributed by atoms with Crippen molar-refractivity contribution in [2.45, 2.75) is 18.9 Å². The molecule has 1 heterocycles. The van der Waals surface area contributed by atoms with Crippen LogP contribution in [-0.2, 0) is 11.2 Å². The van der Waals surface area contributed by atoms with Gasteiger partial charge in [0.2, 0.25) is 0 Å². The van der Waals surface area contributed by atoms with Crippen LogP contribution in [0.5, 0.6) is 5.75 Å². The van der Waals surface area contributed by atoms with Crippen LogP contribution in [0.1, 0.15) is 34.0 Å². The Labute approximate surface area is 122 Å². The van der Waals surface area contributed by atoms with E-state index in [4.69, 9.17) is 10.5 Å². The van der Waals surface area contributed by atoms with Gasteiger partial charge in [-0.05, 0) is 42.2 Å². The first-order valence-corrected chi connectivity index (χ1v) is 6.75. The Kier molecular flexibility index (Phi) is 3.48. The normalized spacial score (nSPS) is 16.3. The van der Waals surface area contributed by atoms with E-state index in [1.807, 2.05) is 18.2 Å². The zero-order valence-corrected chi connectivity index (χ0v) is 11.7. The standard InChI is InChI=1S/C16H16N2O3/c1-20-16(19)11-6-13(9-18-8-11)21-15-5-3-10-2-4-12(17)7-14(10)15/h2,4,6-9,15H,3,5,17H2,1H3/t15-/m1/s1. The number of methoxy groups -OCH3 is 1. The number of benzene rings is 1. The number of esters is 1. The lowest BCUT2D eigenvalue weighted by atomic mass is 10.1. The quantitative estimate of drug-likeness (QED) is 0.692. The van der Waals surface area contributed by atoms with Crippen molar-refractivity contribution < 1.29 is 14.3 Å². The zero-order chi connectivity index (χ0) is 14.8. The summed E-state index contributed by atoms with van der Waals surface area (Å²) in [4.78, 5) is 15.5. The number of carbonyl (C=O) groups is 1. The Hall–Kier alpha value is -2.56. The number of ether oxygens (including phenoxy) is 2. The van der Waals surface area contributed by atoms with Crippen molar-refractivity contribution in [3.8, 4) is 5.75 Å². The molecule has 0 fully saturated rings. The molecule has 0 spiro atoms. The van der Waals surface area contributed by atoms with Gasteiger partial charge in [-0.1, -0.05) is 6.07 Å². The molecule has 2 aromatic rings. The molecule has 1 atom stereocenters. The molecule has 1 aromatic carbocycles. The summed E-state index contributed by atoms with van der Waals surface area (Å²) in [5.41, 5.74) is 9.31. The van der Waals surface area contributed by atoms with E-state index in [-0.39, 0.29) is 6.10 Å². The summed E-state index contributed by atoms with van der Waals surface area (Å²) in [5.74, 6) is 0.127. The van der Waals surface area contributed by atoms with Gasteiger partial charge in [-0.25, -0.2) is 4.79 Å². The maximum Gasteiger partial charge on any atom is 0.339 e. The molecule has 0 radical (unpaired) electrons. The molecule has 21 heavy (non-hydrogen) atoms. The summed E-state index contributed by atoms with van der Waals surface area (Å²) in [6, 6.07) is 7.53. The predicted molar refractivity (Wildman–Crippen MR) is 78.1 cm³/mol. The first-order valence-electron chi connectivity index (χ1n) is 6.75. The maximum atomic E-state index is 11.5. The van der Waals surface area contributed by atoms with Gasteiger partial charge in [0.25, 0.3) is 0 Å². The van der Waals surface area contributed by atoms with E-state index in [0.717, 1.165) is 24.1 Å². The highest BCUT2D eigenvalue weighted by atomic mass is 16.5. The molecular formula is C16H16N2O3. The van der Waals surface area contributed by atoms with E-state index in [1.165, 1.54) is 18.9 Å². The fourth-order valence-electron chi connectivity index (χ4n) is 2.58. The molecule has 0 unspecified atom stereocenters. The summed E-state index contributed by atoms with van der Waals surface area (Å²) in [6.07, 6.45) is 4.85. The van der Waals surface area contributed by atoms with Gasteiger partial charge in [0, 0.05) is 11.9 Å². The van der Waals surface area contributed by atoms with Crippen molar-refractivity contribution >= 4 is 11.7 Å². The molecule has 0 amide bonds. The first-order chi connectivity index (χ1) is 10.2. The lowest BCUT2D eigenvalue weighted by Gasteiger charge is -2.15. The number of fused-ring (bicyclic) bond motifs is 1. The summed E-state index contributed by atoms with van der Waals surface area (Å²) in [5, 5.41) is 0. The Balaban J connectivity index is 1.83. The van der Waals surface area contributed by atoms with Crippen LogP contribution in [0.4, 0.5) is 5.69 Å². The molecule has 3 rings (SSSR count). The SMILES string of the molecule is COC(=O)c1cncc(O[C@@H]2CCc3ccc(N)cc32)c1. The number of aromatic nitrogens is 1. The fraction of sp³-hybridized carbons (Fsp3) is 0.250. The van der Waals surface area contributed by atoms with Crippen LogP contribution in [0.25, 0.3) is 0 Å². The maximum absolute atomic E-state index is 11.5. The molecule has 5 heteroatoms. The summed E-state index contributed by atoms with van der Waals surface area (Å²) >= 11 is 0. The number of anilines is 1. The number of rotatable bonds is 3. The lowest BCUT2D eigenvalue weighted by molar-refractivity contribution is 0.0599. The van der Waals surface area contributed by atoms with Crippen molar-refractivity contribution in [1.82, 2.24) is 4.98 Å². The van der Waals surface area contributed by atoms with Crippen molar-refractivity contribution in [2.24, 2.45) is 0 Å². The molecule has 108 valence electrons. The molecule has 1 aromatic heterocycles. The van der Waals surface area contributed by atoms with Crippen molar-refractivity contribution in [3.05, 3.63) is 53.3 Å². The van der Waals surface area contributed by atoms with E-state index in [1.54, 1.807) is 12.3 Å². The molecular weight excluding hydrogens is 268 g/mol. The largest absolute Gasteiger partial charge is 0.484 e. The van der Waals surface area contributed by atoms with Gasteiger partial charge in [-0.15, -0.1) is 0 Å². The van der Waals surface area contributed by atoms with Crippen LogP contribution in [0.2, 0.25) is 0 Å². The van der Waals surface area contributed by atoms with Crippen LogP contribution in [0, 0.1) is 0 Å². The molecule has 0 saturated heterocycles. The Morgan fingerprint density at radius 3 is 3.00 bits per heavy atom. The highest BCUT2D eigenvalue weighted by molar-refractivity contribution is 5.89. The molecule has 1 aliphatic carbocycles. The predicted octanol–water partition coefficient (Wildman–Crippen LogP) is 2.52. The molecule has 5 nitrogen and oxygen atoms in total. The Morgan fingerprint density at radius 2 is 2.19 bits per heavy atom. The van der Waals surface area contributed by atoms with E-state index in [0.29, 0.717) is 11.3 Å². The van der Waals surface area contributed by atoms with Gasteiger partial charge in [-0.2, -0.15) is 0 Å². The topological polar surface area (TPSA) is 74.4 Å². The average molecular weight is 284 g/mol.